The van der Waals surface area contributed by atoms with Crippen LogP contribution in [0.5, 0.6) is 0 Å². The monoisotopic (exact) mass is 172 g/mol. The number of rotatable bonds is 3. The van der Waals surface area contributed by atoms with Crippen molar-refractivity contribution in [2.24, 2.45) is 0 Å². The predicted molar refractivity (Wildman–Crippen MR) is 45.1 cm³/mol. The van der Waals surface area contributed by atoms with Crippen LogP contribution in [0.2, 0.25) is 0 Å². The second kappa shape index (κ2) is 3.90. The van der Waals surface area contributed by atoms with Gasteiger partial charge in [-0.3, -0.25) is 4.79 Å². The molecule has 0 aromatic heterocycles. The fraction of sp³-hybridized carbons (Fsp3) is 0.889. The summed E-state index contributed by atoms with van der Waals surface area (Å²) in [6.45, 7) is 2.72. The van der Waals surface area contributed by atoms with Crippen LogP contribution in [0.25, 0.3) is 0 Å². The SMILES string of the molecule is CCC1(CC(=O)O)CCCCO1. The number of hydrogen-bond acceptors (Lipinski definition) is 2. The minimum Gasteiger partial charge on any atom is -0.481 e. The molecule has 1 N–H and O–H groups in total. The van der Waals surface area contributed by atoms with Crippen molar-refractivity contribution in [3.8, 4) is 0 Å². The second-order valence-electron chi connectivity index (χ2n) is 3.41. The molecule has 3 heteroatoms. The summed E-state index contributed by atoms with van der Waals surface area (Å²) in [6.07, 6.45) is 4.03. The van der Waals surface area contributed by atoms with Crippen molar-refractivity contribution in [3.63, 3.8) is 0 Å². The molecule has 1 aliphatic heterocycles. The van der Waals surface area contributed by atoms with Crippen LogP contribution in [0, 0.1) is 0 Å². The molecule has 3 nitrogen and oxygen atoms in total. The van der Waals surface area contributed by atoms with Crippen molar-refractivity contribution in [1.82, 2.24) is 0 Å². The molecule has 1 aliphatic rings. The van der Waals surface area contributed by atoms with Gasteiger partial charge in [0.25, 0.3) is 0 Å². The highest BCUT2D eigenvalue weighted by molar-refractivity contribution is 5.68. The Morgan fingerprint density at radius 2 is 2.33 bits per heavy atom. The zero-order chi connectivity index (χ0) is 9.03. The lowest BCUT2D eigenvalue weighted by Crippen LogP contribution is -2.37. The quantitative estimate of drug-likeness (QED) is 0.706. The molecule has 0 saturated carbocycles. The molecular weight excluding hydrogens is 156 g/mol. The summed E-state index contributed by atoms with van der Waals surface area (Å²) in [5, 5.41) is 8.68. The number of carboxylic acids is 1. The minimum atomic E-state index is -0.751. The first-order valence-corrected chi connectivity index (χ1v) is 4.54. The van der Waals surface area contributed by atoms with E-state index in [2.05, 4.69) is 0 Å². The first kappa shape index (κ1) is 9.52. The summed E-state index contributed by atoms with van der Waals surface area (Å²) in [5.41, 5.74) is -0.357. The molecule has 1 saturated heterocycles. The van der Waals surface area contributed by atoms with Crippen LogP contribution in [0.4, 0.5) is 0 Å². The highest BCUT2D eigenvalue weighted by Crippen LogP contribution is 2.31. The fourth-order valence-electron chi connectivity index (χ4n) is 1.73. The van der Waals surface area contributed by atoms with E-state index in [9.17, 15) is 4.79 Å². The Labute approximate surface area is 72.7 Å². The van der Waals surface area contributed by atoms with Gasteiger partial charge in [0.15, 0.2) is 0 Å². The van der Waals surface area contributed by atoms with E-state index >= 15 is 0 Å². The van der Waals surface area contributed by atoms with Crippen LogP contribution in [0.3, 0.4) is 0 Å². The molecule has 1 rings (SSSR count). The van der Waals surface area contributed by atoms with Crippen LogP contribution in [0.1, 0.15) is 39.0 Å². The largest absolute Gasteiger partial charge is 0.481 e. The number of ether oxygens (including phenoxy) is 1. The number of hydrogen-bond donors (Lipinski definition) is 1. The molecular formula is C9H16O3. The van der Waals surface area contributed by atoms with E-state index in [-0.39, 0.29) is 12.0 Å². The Kier molecular flexibility index (Phi) is 3.09. The molecule has 0 bridgehead atoms. The molecule has 0 aromatic rings. The Balaban J connectivity index is 2.53. The van der Waals surface area contributed by atoms with Gasteiger partial charge in [0.2, 0.25) is 0 Å². The normalized spacial score (nSPS) is 30.1. The number of carbonyl (C=O) groups is 1. The van der Waals surface area contributed by atoms with Gasteiger partial charge < -0.3 is 9.84 Å². The molecule has 0 radical (unpaired) electrons. The molecule has 0 aromatic carbocycles. The molecule has 1 unspecified atom stereocenters. The van der Waals surface area contributed by atoms with E-state index in [4.69, 9.17) is 9.84 Å². The number of aliphatic carboxylic acids is 1. The predicted octanol–water partition coefficient (Wildman–Crippen LogP) is 1.81. The van der Waals surface area contributed by atoms with Gasteiger partial charge in [0.1, 0.15) is 0 Å². The first-order chi connectivity index (χ1) is 5.68. The fourth-order valence-corrected chi connectivity index (χ4v) is 1.73. The van der Waals surface area contributed by atoms with Gasteiger partial charge in [-0.25, -0.2) is 0 Å². The lowest BCUT2D eigenvalue weighted by molar-refractivity contribution is -0.149. The van der Waals surface area contributed by atoms with Crippen molar-refractivity contribution >= 4 is 5.97 Å². The van der Waals surface area contributed by atoms with E-state index < -0.39 is 5.97 Å². The molecule has 12 heavy (non-hydrogen) atoms. The van der Waals surface area contributed by atoms with Gasteiger partial charge in [0.05, 0.1) is 12.0 Å². The maximum Gasteiger partial charge on any atom is 0.306 e. The van der Waals surface area contributed by atoms with E-state index in [0.29, 0.717) is 0 Å². The Morgan fingerprint density at radius 1 is 1.58 bits per heavy atom. The van der Waals surface area contributed by atoms with Crippen LogP contribution in [-0.4, -0.2) is 23.3 Å². The summed E-state index contributed by atoms with van der Waals surface area (Å²) >= 11 is 0. The van der Waals surface area contributed by atoms with Gasteiger partial charge in [-0.2, -0.15) is 0 Å². The van der Waals surface area contributed by atoms with Crippen molar-refractivity contribution in [1.29, 1.82) is 0 Å². The van der Waals surface area contributed by atoms with Crippen molar-refractivity contribution < 1.29 is 14.6 Å². The third kappa shape index (κ3) is 2.21. The van der Waals surface area contributed by atoms with Gasteiger partial charge in [-0.15, -0.1) is 0 Å². The first-order valence-electron chi connectivity index (χ1n) is 4.54. The molecule has 0 aliphatic carbocycles. The summed E-state index contributed by atoms with van der Waals surface area (Å²) in [5.74, 6) is -0.751. The maximum atomic E-state index is 10.6. The van der Waals surface area contributed by atoms with Gasteiger partial charge in [-0.1, -0.05) is 6.92 Å². The summed E-state index contributed by atoms with van der Waals surface area (Å²) < 4.78 is 5.54. The minimum absolute atomic E-state index is 0.156. The van der Waals surface area contributed by atoms with E-state index in [1.165, 1.54) is 0 Å². The van der Waals surface area contributed by atoms with Gasteiger partial charge in [0, 0.05) is 6.61 Å². The summed E-state index contributed by atoms with van der Waals surface area (Å²) in [4.78, 5) is 10.6. The third-order valence-electron chi connectivity index (χ3n) is 2.55. The molecule has 70 valence electrons. The molecule has 1 fully saturated rings. The third-order valence-corrected chi connectivity index (χ3v) is 2.55. The van der Waals surface area contributed by atoms with Crippen LogP contribution >= 0.6 is 0 Å². The summed E-state index contributed by atoms with van der Waals surface area (Å²) in [6, 6.07) is 0. The lowest BCUT2D eigenvalue weighted by atomic mass is 9.88. The molecule has 1 atom stereocenters. The topological polar surface area (TPSA) is 46.5 Å². The highest BCUT2D eigenvalue weighted by Gasteiger charge is 2.33. The van der Waals surface area contributed by atoms with Crippen molar-refractivity contribution in [3.05, 3.63) is 0 Å². The smallest absolute Gasteiger partial charge is 0.306 e. The molecule has 0 spiro atoms. The van der Waals surface area contributed by atoms with E-state index in [1.54, 1.807) is 0 Å². The van der Waals surface area contributed by atoms with Gasteiger partial charge in [-0.05, 0) is 25.7 Å². The van der Waals surface area contributed by atoms with Crippen molar-refractivity contribution in [2.45, 2.75) is 44.6 Å². The average molecular weight is 172 g/mol. The zero-order valence-corrected chi connectivity index (χ0v) is 7.51. The lowest BCUT2D eigenvalue weighted by Gasteiger charge is -2.35. The molecule has 0 amide bonds. The van der Waals surface area contributed by atoms with Crippen LogP contribution < -0.4 is 0 Å². The second-order valence-corrected chi connectivity index (χ2v) is 3.41. The van der Waals surface area contributed by atoms with Crippen molar-refractivity contribution in [2.75, 3.05) is 6.61 Å². The standard InChI is InChI=1S/C9H16O3/c1-2-9(7-8(10)11)5-3-4-6-12-9/h2-7H2,1H3,(H,10,11). The Hall–Kier alpha value is -0.570. The molecule has 1 heterocycles. The zero-order valence-electron chi connectivity index (χ0n) is 7.51. The van der Waals surface area contributed by atoms with Gasteiger partial charge >= 0.3 is 5.97 Å². The summed E-state index contributed by atoms with van der Waals surface area (Å²) in [7, 11) is 0. The van der Waals surface area contributed by atoms with Crippen LogP contribution in [-0.2, 0) is 9.53 Å². The van der Waals surface area contributed by atoms with Crippen LogP contribution in [0.15, 0.2) is 0 Å². The number of carboxylic acid groups (broad SMARTS) is 1. The highest BCUT2D eigenvalue weighted by atomic mass is 16.5. The maximum absolute atomic E-state index is 10.6. The van der Waals surface area contributed by atoms with E-state index in [0.717, 1.165) is 32.3 Å². The Morgan fingerprint density at radius 3 is 2.75 bits per heavy atom. The van der Waals surface area contributed by atoms with E-state index in [1.807, 2.05) is 6.92 Å². The average Bonchev–Trinajstić information content (AvgIpc) is 2.05. The Bertz CT molecular complexity index is 159.